The molecule has 24 heavy (non-hydrogen) atoms. The highest BCUT2D eigenvalue weighted by Crippen LogP contribution is 2.14. The molecule has 0 bridgehead atoms. The van der Waals surface area contributed by atoms with Gasteiger partial charge in [-0.3, -0.25) is 0 Å². The number of nitrogens with zero attached hydrogens (tertiary/aromatic N) is 1. The van der Waals surface area contributed by atoms with Crippen LogP contribution in [-0.4, -0.2) is 38.2 Å². The van der Waals surface area contributed by atoms with Gasteiger partial charge < -0.3 is 19.1 Å². The molecule has 0 N–H and O–H groups in total. The second-order valence-corrected chi connectivity index (χ2v) is 6.82. The van der Waals surface area contributed by atoms with E-state index in [1.807, 2.05) is 19.1 Å². The smallest absolute Gasteiger partial charge is 0.118 e. The highest BCUT2D eigenvalue weighted by Gasteiger charge is 2.12. The molecule has 0 aliphatic carbocycles. The zero-order chi connectivity index (χ0) is 18.6. The number of unbranched alkanes of at least 4 members (excludes halogenated alkanes) is 1. The summed E-state index contributed by atoms with van der Waals surface area (Å²) in [6, 6.07) is 8.30. The Kier molecular flexibility index (Phi) is 11.1. The molecule has 1 rings (SSSR count). The zero-order valence-corrected chi connectivity index (χ0v) is 16.3. The molecular weight excluding hydrogens is 302 g/mol. The molecule has 0 saturated heterocycles. The Morgan fingerprint density at radius 3 is 2.12 bits per heavy atom. The lowest BCUT2D eigenvalue weighted by Gasteiger charge is -2.28. The molecule has 0 heterocycles. The van der Waals surface area contributed by atoms with Crippen LogP contribution in [0.25, 0.3) is 0 Å². The van der Waals surface area contributed by atoms with Crippen molar-refractivity contribution in [1.82, 2.24) is 0 Å². The van der Waals surface area contributed by atoms with Gasteiger partial charge in [0.1, 0.15) is 12.3 Å². The number of aliphatic carboxylic acids is 1. The molecule has 0 aromatic heterocycles. The van der Waals surface area contributed by atoms with Crippen molar-refractivity contribution in [3.8, 4) is 5.75 Å². The fourth-order valence-electron chi connectivity index (χ4n) is 2.28. The third-order valence-corrected chi connectivity index (χ3v) is 4.36. The van der Waals surface area contributed by atoms with Crippen molar-refractivity contribution in [3.05, 3.63) is 29.8 Å². The fraction of sp³-hybridized carbons (Fsp3) is 0.650. The van der Waals surface area contributed by atoms with E-state index in [4.69, 9.17) is 4.74 Å². The highest BCUT2D eigenvalue weighted by atomic mass is 16.5. The van der Waals surface area contributed by atoms with E-state index in [-0.39, 0.29) is 5.92 Å². The molecule has 4 nitrogen and oxygen atoms in total. The Morgan fingerprint density at radius 2 is 1.75 bits per heavy atom. The van der Waals surface area contributed by atoms with E-state index in [1.54, 1.807) is 7.11 Å². The van der Waals surface area contributed by atoms with Gasteiger partial charge in [-0.05, 0) is 49.9 Å². The predicted molar refractivity (Wildman–Crippen MR) is 97.7 cm³/mol. The van der Waals surface area contributed by atoms with Crippen molar-refractivity contribution < 1.29 is 19.1 Å². The van der Waals surface area contributed by atoms with Crippen LogP contribution in [0.2, 0.25) is 0 Å². The normalized spacial score (nSPS) is 12.1. The van der Waals surface area contributed by atoms with Gasteiger partial charge in [-0.1, -0.05) is 26.7 Å². The first kappa shape index (κ1) is 22.4. The Labute approximate surface area is 148 Å². The number of carbonyl (C=O) groups excluding carboxylic acids is 1. The molecule has 1 aromatic rings. The molecule has 1 atom stereocenters. The number of rotatable bonds is 9. The number of hydrogen-bond donors (Lipinski definition) is 0. The molecule has 0 aliphatic rings. The van der Waals surface area contributed by atoms with Gasteiger partial charge in [0.25, 0.3) is 0 Å². The fourth-order valence-corrected chi connectivity index (χ4v) is 2.28. The Hall–Kier alpha value is -1.55. The summed E-state index contributed by atoms with van der Waals surface area (Å²) in [6.45, 7) is 8.37. The van der Waals surface area contributed by atoms with Gasteiger partial charge in [-0.2, -0.15) is 0 Å². The SMILES string of the molecule is CCCCC(CC)C(=O)[O-].CC[N+](C)(C)Cc1ccc(OC)cc1. The Balaban J connectivity index is 0.000000470. The third kappa shape index (κ3) is 9.56. The summed E-state index contributed by atoms with van der Waals surface area (Å²) >= 11 is 0. The van der Waals surface area contributed by atoms with Crippen LogP contribution in [0.3, 0.4) is 0 Å². The Bertz CT molecular complexity index is 454. The number of ether oxygens (including phenoxy) is 1. The maximum atomic E-state index is 10.3. The molecular formula is C20H35NO3. The average molecular weight is 338 g/mol. The van der Waals surface area contributed by atoms with E-state index in [0.29, 0.717) is 6.42 Å². The molecule has 1 aromatic carbocycles. The number of benzene rings is 1. The van der Waals surface area contributed by atoms with Gasteiger partial charge in [0, 0.05) is 11.5 Å². The molecule has 4 heteroatoms. The van der Waals surface area contributed by atoms with Crippen LogP contribution in [0.15, 0.2) is 24.3 Å². The minimum absolute atomic E-state index is 0.222. The summed E-state index contributed by atoms with van der Waals surface area (Å²) in [7, 11) is 6.18. The van der Waals surface area contributed by atoms with Gasteiger partial charge in [0.05, 0.1) is 27.7 Å². The molecule has 0 radical (unpaired) electrons. The number of hydrogen-bond acceptors (Lipinski definition) is 3. The molecule has 0 amide bonds. The first-order valence-corrected chi connectivity index (χ1v) is 8.95. The van der Waals surface area contributed by atoms with Gasteiger partial charge in [0.2, 0.25) is 0 Å². The quantitative estimate of drug-likeness (QED) is 0.650. The monoisotopic (exact) mass is 337 g/mol. The summed E-state index contributed by atoms with van der Waals surface area (Å²) in [4.78, 5) is 10.3. The predicted octanol–water partition coefficient (Wildman–Crippen LogP) is 3.24. The number of carboxylic acids is 1. The van der Waals surface area contributed by atoms with Crippen molar-refractivity contribution in [1.29, 1.82) is 0 Å². The minimum atomic E-state index is -0.893. The molecule has 0 saturated carbocycles. The van der Waals surface area contributed by atoms with Crippen molar-refractivity contribution in [3.63, 3.8) is 0 Å². The topological polar surface area (TPSA) is 49.4 Å². The molecule has 0 fully saturated rings. The van der Waals surface area contributed by atoms with Gasteiger partial charge in [-0.25, -0.2) is 0 Å². The number of methoxy groups -OCH3 is 1. The van der Waals surface area contributed by atoms with Gasteiger partial charge in [0.15, 0.2) is 0 Å². The van der Waals surface area contributed by atoms with E-state index in [1.165, 1.54) is 5.56 Å². The van der Waals surface area contributed by atoms with Crippen molar-refractivity contribution in [2.24, 2.45) is 5.92 Å². The van der Waals surface area contributed by atoms with E-state index in [2.05, 4.69) is 40.1 Å². The second kappa shape index (κ2) is 11.9. The summed E-state index contributed by atoms with van der Waals surface area (Å²) in [6.07, 6.45) is 3.52. The van der Waals surface area contributed by atoms with E-state index < -0.39 is 5.97 Å². The summed E-state index contributed by atoms with van der Waals surface area (Å²) in [5, 5.41) is 10.3. The summed E-state index contributed by atoms with van der Waals surface area (Å²) in [5.74, 6) is -0.188. The first-order valence-electron chi connectivity index (χ1n) is 8.95. The number of quaternary nitrogens is 1. The van der Waals surface area contributed by atoms with Crippen LogP contribution < -0.4 is 9.84 Å². The largest absolute Gasteiger partial charge is 0.550 e. The zero-order valence-electron chi connectivity index (χ0n) is 16.3. The summed E-state index contributed by atoms with van der Waals surface area (Å²) < 4.78 is 6.14. The second-order valence-electron chi connectivity index (χ2n) is 6.82. The lowest BCUT2D eigenvalue weighted by molar-refractivity contribution is -0.901. The molecule has 1 unspecified atom stereocenters. The number of carboxylic acid groups (broad SMARTS) is 1. The van der Waals surface area contributed by atoms with Crippen molar-refractivity contribution in [2.75, 3.05) is 27.7 Å². The van der Waals surface area contributed by atoms with Crippen LogP contribution in [0.5, 0.6) is 5.75 Å². The van der Waals surface area contributed by atoms with E-state index in [0.717, 1.165) is 42.6 Å². The van der Waals surface area contributed by atoms with E-state index >= 15 is 0 Å². The van der Waals surface area contributed by atoms with Crippen LogP contribution in [0, 0.1) is 5.92 Å². The molecule has 0 aliphatic heterocycles. The number of carbonyl (C=O) groups is 1. The van der Waals surface area contributed by atoms with Crippen LogP contribution in [0.1, 0.15) is 52.0 Å². The standard InChI is InChI=1S/C12H20NO.C8H16O2/c1-5-13(2,3)10-11-6-8-12(14-4)9-7-11;1-3-5-6-7(4-2)8(9)10/h6-9H,5,10H2,1-4H3;7H,3-6H2,1-2H3,(H,9,10)/q+1;/p-1. The minimum Gasteiger partial charge on any atom is -0.550 e. The van der Waals surface area contributed by atoms with E-state index in [9.17, 15) is 9.90 Å². The lowest BCUT2D eigenvalue weighted by atomic mass is 10.00. The van der Waals surface area contributed by atoms with Gasteiger partial charge >= 0.3 is 0 Å². The summed E-state index contributed by atoms with van der Waals surface area (Å²) in [5.41, 5.74) is 1.36. The maximum absolute atomic E-state index is 10.3. The van der Waals surface area contributed by atoms with Crippen molar-refractivity contribution in [2.45, 2.75) is 53.0 Å². The van der Waals surface area contributed by atoms with Crippen molar-refractivity contribution >= 4 is 5.97 Å². The molecule has 0 spiro atoms. The molecule has 138 valence electrons. The lowest BCUT2D eigenvalue weighted by Crippen LogP contribution is -2.38. The van der Waals surface area contributed by atoms with Gasteiger partial charge in [-0.15, -0.1) is 0 Å². The Morgan fingerprint density at radius 1 is 1.17 bits per heavy atom. The highest BCUT2D eigenvalue weighted by molar-refractivity contribution is 5.67. The van der Waals surface area contributed by atoms with Crippen LogP contribution >= 0.6 is 0 Å². The van der Waals surface area contributed by atoms with Crippen LogP contribution in [0.4, 0.5) is 0 Å². The maximum Gasteiger partial charge on any atom is 0.118 e. The van der Waals surface area contributed by atoms with Crippen LogP contribution in [-0.2, 0) is 11.3 Å². The first-order chi connectivity index (χ1) is 11.3. The average Bonchev–Trinajstić information content (AvgIpc) is 2.56. The third-order valence-electron chi connectivity index (χ3n) is 4.36.